The van der Waals surface area contributed by atoms with E-state index in [1.54, 1.807) is 0 Å². The zero-order chi connectivity index (χ0) is 19.8. The van der Waals surface area contributed by atoms with Crippen molar-refractivity contribution in [1.29, 1.82) is 0 Å². The molecule has 0 radical (unpaired) electrons. The van der Waals surface area contributed by atoms with Gasteiger partial charge in [-0.05, 0) is 60.5 Å². The summed E-state index contributed by atoms with van der Waals surface area (Å²) in [5.74, 6) is 0.913. The lowest BCUT2D eigenvalue weighted by Crippen LogP contribution is -2.19. The lowest BCUT2D eigenvalue weighted by Gasteiger charge is -2.17. The van der Waals surface area contributed by atoms with Gasteiger partial charge in [-0.25, -0.2) is 0 Å². The molecule has 0 aliphatic carbocycles. The van der Waals surface area contributed by atoms with Gasteiger partial charge in [0.25, 0.3) is 0 Å². The minimum atomic E-state index is 0.692. The van der Waals surface area contributed by atoms with Gasteiger partial charge in [0.1, 0.15) is 12.4 Å². The molecular formula is C26H29NO. The summed E-state index contributed by atoms with van der Waals surface area (Å²) in [7, 11) is 4.11. The maximum atomic E-state index is 5.87. The summed E-state index contributed by atoms with van der Waals surface area (Å²) in [6, 6.07) is 29.8. The number of nitrogens with zero attached hydrogens (tertiary/aromatic N) is 1. The monoisotopic (exact) mass is 377 g/mol. The van der Waals surface area contributed by atoms with Crippen molar-refractivity contribution in [2.45, 2.75) is 13.3 Å². The van der Waals surface area contributed by atoms with Crippen LogP contribution in [0.1, 0.15) is 30.0 Å². The number of hydrogen-bond donors (Lipinski definition) is 0. The maximum absolute atomic E-state index is 5.87. The van der Waals surface area contributed by atoms with E-state index in [2.05, 4.69) is 111 Å². The molecule has 3 rings (SSSR count). The third-order valence-corrected chi connectivity index (χ3v) is 4.79. The fourth-order valence-corrected chi connectivity index (χ4v) is 3.35. The van der Waals surface area contributed by atoms with E-state index in [0.717, 1.165) is 18.7 Å². The summed E-state index contributed by atoms with van der Waals surface area (Å²) in [5, 5.41) is 0. The van der Waals surface area contributed by atoms with E-state index in [1.165, 1.54) is 27.8 Å². The molecule has 144 valence electrons. The molecule has 2 nitrogen and oxygen atoms in total. The molecule has 0 saturated heterocycles. The SMILES string of the molecule is CC/C(=C(\c1ccc(OCCN(C)C)cc1)[13c]1[13cH][13cH][13cH][13cH][13cH]1)c1ccccc1. The van der Waals surface area contributed by atoms with Crippen LogP contribution in [0.15, 0.2) is 84.9 Å². The minimum Gasteiger partial charge on any atom is -0.492 e. The van der Waals surface area contributed by atoms with E-state index in [-0.39, 0.29) is 0 Å². The Bertz CT molecular complexity index is 881. The molecule has 0 aliphatic heterocycles. The molecule has 0 amide bonds. The van der Waals surface area contributed by atoms with Gasteiger partial charge in [-0.1, -0.05) is 79.7 Å². The highest BCUT2D eigenvalue weighted by Gasteiger charge is 2.12. The zero-order valence-corrected chi connectivity index (χ0v) is 17.1. The van der Waals surface area contributed by atoms with E-state index >= 15 is 0 Å². The second kappa shape index (κ2) is 9.91. The van der Waals surface area contributed by atoms with Crippen LogP contribution in [0.2, 0.25) is 0 Å². The number of ether oxygens (including phenoxy) is 1. The second-order valence-corrected chi connectivity index (χ2v) is 7.12. The summed E-state index contributed by atoms with van der Waals surface area (Å²) in [4.78, 5) is 2.12. The van der Waals surface area contributed by atoms with Crippen LogP contribution >= 0.6 is 0 Å². The van der Waals surface area contributed by atoms with E-state index < -0.39 is 0 Å². The lowest BCUT2D eigenvalue weighted by molar-refractivity contribution is 0.261. The first-order valence-electron chi connectivity index (χ1n) is 9.91. The molecule has 0 N–H and O–H groups in total. The molecule has 0 spiro atoms. The zero-order valence-electron chi connectivity index (χ0n) is 17.1. The predicted octanol–water partition coefficient (Wildman–Crippen LogP) is 6.00. The van der Waals surface area contributed by atoms with E-state index in [1.807, 2.05) is 0 Å². The molecule has 0 aromatic heterocycles. The number of benzene rings is 3. The number of likely N-dealkylation sites (N-methyl/N-ethyl adjacent to an activating group) is 1. The van der Waals surface area contributed by atoms with Crippen LogP contribution in [0, 0.1) is 0 Å². The van der Waals surface area contributed by atoms with Crippen LogP contribution in [-0.4, -0.2) is 32.1 Å². The van der Waals surface area contributed by atoms with Gasteiger partial charge in [0.2, 0.25) is 0 Å². The highest BCUT2D eigenvalue weighted by Crippen LogP contribution is 2.34. The molecule has 28 heavy (non-hydrogen) atoms. The Morgan fingerprint density at radius 3 is 1.79 bits per heavy atom. The fourth-order valence-electron chi connectivity index (χ4n) is 3.35. The first-order valence-corrected chi connectivity index (χ1v) is 9.91. The first kappa shape index (κ1) is 19.9. The molecule has 0 heterocycles. The number of hydrogen-bond acceptors (Lipinski definition) is 2. The van der Waals surface area contributed by atoms with Crippen molar-refractivity contribution >= 4 is 11.1 Å². The smallest absolute Gasteiger partial charge is 0.119 e. The van der Waals surface area contributed by atoms with Crippen LogP contribution in [0.5, 0.6) is 5.75 Å². The van der Waals surface area contributed by atoms with Crippen molar-refractivity contribution in [3.05, 3.63) is 102 Å². The standard InChI is InChI=1S/C26H29NO/c1-4-25(21-11-7-5-8-12-21)26(22-13-9-6-10-14-22)23-15-17-24(18-16-23)28-20-19-27(2)3/h5-18H,4,19-20H2,1-3H3/b26-25+/i6+1,9+1,10+1,13+1,14+1,22+1. The molecule has 0 bridgehead atoms. The van der Waals surface area contributed by atoms with Gasteiger partial charge in [0.05, 0.1) is 0 Å². The van der Waals surface area contributed by atoms with Crippen molar-refractivity contribution in [3.63, 3.8) is 0 Å². The van der Waals surface area contributed by atoms with Gasteiger partial charge in [0, 0.05) is 6.54 Å². The summed E-state index contributed by atoms with van der Waals surface area (Å²) >= 11 is 0. The average molecular weight is 377 g/mol. The highest BCUT2D eigenvalue weighted by atomic mass is 16.5. The van der Waals surface area contributed by atoms with Crippen LogP contribution < -0.4 is 4.74 Å². The van der Waals surface area contributed by atoms with E-state index in [4.69, 9.17) is 4.74 Å². The number of allylic oxidation sites excluding steroid dienone is 1. The average Bonchev–Trinajstić information content (AvgIpc) is 2.73. The Labute approximate surface area is 169 Å². The van der Waals surface area contributed by atoms with Crippen LogP contribution in [0.4, 0.5) is 0 Å². The Morgan fingerprint density at radius 2 is 1.25 bits per heavy atom. The maximum Gasteiger partial charge on any atom is 0.119 e. The second-order valence-electron chi connectivity index (χ2n) is 7.12. The minimum absolute atomic E-state index is 0.692. The third kappa shape index (κ3) is 5.11. The van der Waals surface area contributed by atoms with Crippen molar-refractivity contribution in [2.75, 3.05) is 27.2 Å². The van der Waals surface area contributed by atoms with Gasteiger partial charge in [-0.15, -0.1) is 0 Å². The molecular weight excluding hydrogens is 348 g/mol. The topological polar surface area (TPSA) is 12.5 Å². The highest BCUT2D eigenvalue weighted by molar-refractivity contribution is 5.98. The molecule has 0 atom stereocenters. The Kier molecular flexibility index (Phi) is 7.05. The summed E-state index contributed by atoms with van der Waals surface area (Å²) in [6.07, 6.45) is 0.968. The van der Waals surface area contributed by atoms with Gasteiger partial charge < -0.3 is 9.64 Å². The largest absolute Gasteiger partial charge is 0.492 e. The summed E-state index contributed by atoms with van der Waals surface area (Å²) < 4.78 is 5.87. The van der Waals surface area contributed by atoms with Gasteiger partial charge in [-0.2, -0.15) is 0 Å². The molecule has 2 heteroatoms. The first-order chi connectivity index (χ1) is 13.7. The van der Waals surface area contributed by atoms with Crippen molar-refractivity contribution in [1.82, 2.24) is 4.90 Å². The van der Waals surface area contributed by atoms with Gasteiger partial charge >= 0.3 is 0 Å². The molecule has 0 unspecified atom stereocenters. The molecule has 3 aromatic rings. The normalized spacial score (nSPS) is 12.0. The van der Waals surface area contributed by atoms with Crippen LogP contribution in [0.3, 0.4) is 0 Å². The fraction of sp³-hybridized carbons (Fsp3) is 0.231. The van der Waals surface area contributed by atoms with E-state index in [0.29, 0.717) is 6.61 Å². The predicted molar refractivity (Wildman–Crippen MR) is 120 cm³/mol. The number of rotatable bonds is 8. The Hall–Kier alpha value is -2.84. The van der Waals surface area contributed by atoms with Gasteiger partial charge in [0.15, 0.2) is 0 Å². The quantitative estimate of drug-likeness (QED) is 0.447. The lowest BCUT2D eigenvalue weighted by atomic mass is 9.96. The van der Waals surface area contributed by atoms with Crippen molar-refractivity contribution in [2.24, 2.45) is 0 Å². The Balaban J connectivity index is 2.00. The van der Waals surface area contributed by atoms with Crippen molar-refractivity contribution < 1.29 is 4.74 Å². The van der Waals surface area contributed by atoms with E-state index in [9.17, 15) is 0 Å². The van der Waals surface area contributed by atoms with Crippen molar-refractivity contribution in [3.8, 4) is 5.75 Å². The van der Waals surface area contributed by atoms with Crippen LogP contribution in [-0.2, 0) is 0 Å². The molecule has 0 aliphatic rings. The third-order valence-electron chi connectivity index (χ3n) is 4.79. The molecule has 0 fully saturated rings. The summed E-state index contributed by atoms with van der Waals surface area (Å²) in [5.41, 5.74) is 6.37. The molecule has 0 saturated carbocycles. The Morgan fingerprint density at radius 1 is 0.714 bits per heavy atom. The summed E-state index contributed by atoms with van der Waals surface area (Å²) in [6.45, 7) is 3.83. The van der Waals surface area contributed by atoms with Gasteiger partial charge in [-0.3, -0.25) is 0 Å². The molecule has 3 aromatic carbocycles. The van der Waals surface area contributed by atoms with Crippen LogP contribution in [0.25, 0.3) is 11.1 Å².